The number of benzene rings is 1. The number of nitrogens with two attached hydrogens (primary N) is 1. The third-order valence-electron chi connectivity index (χ3n) is 3.28. The summed E-state index contributed by atoms with van der Waals surface area (Å²) < 4.78 is 10.5. The van der Waals surface area contributed by atoms with Gasteiger partial charge in [-0.1, -0.05) is 24.4 Å². The van der Waals surface area contributed by atoms with Crippen LogP contribution in [-0.4, -0.2) is 24.7 Å². The standard InChI is InChI=1S/C15H19NO3S/c1-18-15(17)9-10-2-5-12(11-3-4-11)13(8-10)19-7-6-14(16)20/h2,5,8,11H,3-4,6-7,9H2,1H3,(H2,16,20). The Morgan fingerprint density at radius 3 is 2.80 bits per heavy atom. The van der Waals surface area contributed by atoms with Gasteiger partial charge >= 0.3 is 5.97 Å². The molecule has 0 aliphatic heterocycles. The highest BCUT2D eigenvalue weighted by Crippen LogP contribution is 2.44. The van der Waals surface area contributed by atoms with Gasteiger partial charge in [-0.2, -0.15) is 0 Å². The molecule has 20 heavy (non-hydrogen) atoms. The summed E-state index contributed by atoms with van der Waals surface area (Å²) >= 11 is 4.84. The predicted octanol–water partition coefficient (Wildman–Crippen LogP) is 2.33. The molecule has 0 unspecified atom stereocenters. The number of hydrogen-bond donors (Lipinski definition) is 1. The fourth-order valence-electron chi connectivity index (χ4n) is 2.05. The molecule has 1 aliphatic rings. The largest absolute Gasteiger partial charge is 0.493 e. The van der Waals surface area contributed by atoms with E-state index in [-0.39, 0.29) is 12.4 Å². The SMILES string of the molecule is COC(=O)Cc1ccc(C2CC2)c(OCCC(N)=S)c1. The molecule has 0 atom stereocenters. The second-order valence-corrected chi connectivity index (χ2v) is 5.49. The molecule has 0 amide bonds. The van der Waals surface area contributed by atoms with Gasteiger partial charge in [-0.15, -0.1) is 0 Å². The molecular weight excluding hydrogens is 274 g/mol. The quantitative estimate of drug-likeness (QED) is 0.617. The molecule has 1 aromatic rings. The van der Waals surface area contributed by atoms with Crippen LogP contribution in [0.5, 0.6) is 5.75 Å². The smallest absolute Gasteiger partial charge is 0.309 e. The molecule has 4 nitrogen and oxygen atoms in total. The first-order valence-electron chi connectivity index (χ1n) is 6.71. The number of hydrogen-bond acceptors (Lipinski definition) is 4. The Hall–Kier alpha value is -1.62. The topological polar surface area (TPSA) is 61.5 Å². The fourth-order valence-corrected chi connectivity index (χ4v) is 2.13. The van der Waals surface area contributed by atoms with Crippen molar-refractivity contribution in [2.24, 2.45) is 5.73 Å². The number of carbonyl (C=O) groups is 1. The summed E-state index contributed by atoms with van der Waals surface area (Å²) in [6.07, 6.45) is 3.21. The molecule has 108 valence electrons. The first kappa shape index (κ1) is 14.8. The van der Waals surface area contributed by atoms with Crippen molar-refractivity contribution in [2.75, 3.05) is 13.7 Å². The summed E-state index contributed by atoms with van der Waals surface area (Å²) in [6.45, 7) is 0.469. The van der Waals surface area contributed by atoms with Gasteiger partial charge in [-0.3, -0.25) is 4.79 Å². The van der Waals surface area contributed by atoms with E-state index in [1.807, 2.05) is 18.2 Å². The van der Waals surface area contributed by atoms with E-state index in [0.29, 0.717) is 23.9 Å². The second-order valence-electron chi connectivity index (χ2n) is 4.96. The van der Waals surface area contributed by atoms with Gasteiger partial charge in [0.2, 0.25) is 0 Å². The van der Waals surface area contributed by atoms with Gasteiger partial charge in [0.05, 0.1) is 25.1 Å². The van der Waals surface area contributed by atoms with Crippen molar-refractivity contribution in [1.82, 2.24) is 0 Å². The summed E-state index contributed by atoms with van der Waals surface area (Å²) in [5.41, 5.74) is 7.58. The van der Waals surface area contributed by atoms with Crippen molar-refractivity contribution < 1.29 is 14.3 Å². The Morgan fingerprint density at radius 2 is 2.20 bits per heavy atom. The first-order chi connectivity index (χ1) is 9.60. The average molecular weight is 293 g/mol. The van der Waals surface area contributed by atoms with E-state index in [2.05, 4.69) is 4.74 Å². The number of methoxy groups -OCH3 is 1. The lowest BCUT2D eigenvalue weighted by Crippen LogP contribution is -2.13. The molecule has 0 saturated heterocycles. The van der Waals surface area contributed by atoms with Crippen LogP contribution in [0.25, 0.3) is 0 Å². The number of carbonyl (C=O) groups excluding carboxylic acids is 1. The lowest BCUT2D eigenvalue weighted by Gasteiger charge is -2.12. The van der Waals surface area contributed by atoms with Gasteiger partial charge in [0.15, 0.2) is 0 Å². The Bertz CT molecular complexity index is 512. The molecule has 0 heterocycles. The Kier molecular flexibility index (Phi) is 4.95. The third kappa shape index (κ3) is 4.20. The zero-order chi connectivity index (χ0) is 14.5. The maximum absolute atomic E-state index is 11.3. The molecule has 1 saturated carbocycles. The zero-order valence-electron chi connectivity index (χ0n) is 11.6. The molecule has 2 N–H and O–H groups in total. The molecule has 0 bridgehead atoms. The summed E-state index contributed by atoms with van der Waals surface area (Å²) in [7, 11) is 1.39. The maximum Gasteiger partial charge on any atom is 0.309 e. The molecule has 0 aromatic heterocycles. The van der Waals surface area contributed by atoms with Crippen LogP contribution in [0.15, 0.2) is 18.2 Å². The normalized spacial score (nSPS) is 13.8. The Balaban J connectivity index is 2.09. The van der Waals surface area contributed by atoms with Crippen LogP contribution in [0.4, 0.5) is 0 Å². The van der Waals surface area contributed by atoms with Crippen LogP contribution in [0.2, 0.25) is 0 Å². The van der Waals surface area contributed by atoms with Gasteiger partial charge in [-0.05, 0) is 36.0 Å². The van der Waals surface area contributed by atoms with Gasteiger partial charge in [-0.25, -0.2) is 0 Å². The number of ether oxygens (including phenoxy) is 2. The molecule has 0 spiro atoms. The Labute approximate surface area is 124 Å². The highest BCUT2D eigenvalue weighted by molar-refractivity contribution is 7.80. The molecule has 1 aliphatic carbocycles. The molecule has 1 aromatic carbocycles. The van der Waals surface area contributed by atoms with Gasteiger partial charge in [0.1, 0.15) is 5.75 Å². The van der Waals surface area contributed by atoms with Crippen molar-refractivity contribution in [3.05, 3.63) is 29.3 Å². The van der Waals surface area contributed by atoms with E-state index in [9.17, 15) is 4.79 Å². The van der Waals surface area contributed by atoms with Gasteiger partial charge in [0.25, 0.3) is 0 Å². The van der Waals surface area contributed by atoms with Crippen LogP contribution >= 0.6 is 12.2 Å². The molecule has 5 heteroatoms. The summed E-state index contributed by atoms with van der Waals surface area (Å²) in [4.78, 5) is 11.8. The van der Waals surface area contributed by atoms with Crippen molar-refractivity contribution in [3.63, 3.8) is 0 Å². The van der Waals surface area contributed by atoms with E-state index >= 15 is 0 Å². The molecular formula is C15H19NO3S. The Morgan fingerprint density at radius 1 is 1.45 bits per heavy atom. The minimum Gasteiger partial charge on any atom is -0.493 e. The van der Waals surface area contributed by atoms with Crippen LogP contribution in [0.1, 0.15) is 36.3 Å². The fraction of sp³-hybridized carbons (Fsp3) is 0.467. The lowest BCUT2D eigenvalue weighted by atomic mass is 10.0. The highest BCUT2D eigenvalue weighted by atomic mass is 32.1. The van der Waals surface area contributed by atoms with Gasteiger partial charge in [0, 0.05) is 6.42 Å². The van der Waals surface area contributed by atoms with E-state index in [1.54, 1.807) is 0 Å². The third-order valence-corrected chi connectivity index (χ3v) is 3.48. The number of thiocarbonyl (C=S) groups is 1. The van der Waals surface area contributed by atoms with Crippen LogP contribution in [0, 0.1) is 0 Å². The van der Waals surface area contributed by atoms with Crippen molar-refractivity contribution in [2.45, 2.75) is 31.6 Å². The zero-order valence-corrected chi connectivity index (χ0v) is 12.4. The molecule has 2 rings (SSSR count). The van der Waals surface area contributed by atoms with Crippen molar-refractivity contribution in [3.8, 4) is 5.75 Å². The summed E-state index contributed by atoms with van der Waals surface area (Å²) in [5.74, 6) is 1.17. The monoisotopic (exact) mass is 293 g/mol. The van der Waals surface area contributed by atoms with E-state index < -0.39 is 0 Å². The summed E-state index contributed by atoms with van der Waals surface area (Å²) in [6, 6.07) is 5.93. The van der Waals surface area contributed by atoms with Crippen molar-refractivity contribution in [1.29, 1.82) is 0 Å². The van der Waals surface area contributed by atoms with Crippen LogP contribution in [0.3, 0.4) is 0 Å². The van der Waals surface area contributed by atoms with E-state index in [4.69, 9.17) is 22.7 Å². The first-order valence-corrected chi connectivity index (χ1v) is 7.11. The second kappa shape index (κ2) is 6.70. The minimum atomic E-state index is -0.252. The van der Waals surface area contributed by atoms with E-state index in [0.717, 1.165) is 11.3 Å². The number of rotatable bonds is 7. The highest BCUT2D eigenvalue weighted by Gasteiger charge is 2.27. The molecule has 0 radical (unpaired) electrons. The maximum atomic E-state index is 11.3. The predicted molar refractivity (Wildman–Crippen MR) is 81.0 cm³/mol. The van der Waals surface area contributed by atoms with Crippen LogP contribution in [-0.2, 0) is 16.0 Å². The molecule has 1 fully saturated rings. The van der Waals surface area contributed by atoms with Crippen molar-refractivity contribution >= 4 is 23.2 Å². The number of esters is 1. The van der Waals surface area contributed by atoms with Gasteiger partial charge < -0.3 is 15.2 Å². The summed E-state index contributed by atoms with van der Waals surface area (Å²) in [5, 5.41) is 0. The minimum absolute atomic E-state index is 0.252. The van der Waals surface area contributed by atoms with Crippen LogP contribution < -0.4 is 10.5 Å². The lowest BCUT2D eigenvalue weighted by molar-refractivity contribution is -0.139. The van der Waals surface area contributed by atoms with E-state index in [1.165, 1.54) is 25.5 Å². The average Bonchev–Trinajstić information content (AvgIpc) is 3.23.